The number of nitrogens with one attached hydrogen (secondary N) is 3. The molecule has 0 fully saturated rings. The molecule has 11 heteroatoms. The minimum absolute atomic E-state index is 0.136. The number of rotatable bonds is 6. The Balaban J connectivity index is 1.39. The minimum atomic E-state index is -0.373. The lowest BCUT2D eigenvalue weighted by atomic mass is 10.1. The van der Waals surface area contributed by atoms with Gasteiger partial charge in [0, 0.05) is 23.5 Å². The summed E-state index contributed by atoms with van der Waals surface area (Å²) in [6.07, 6.45) is 4.89. The molecule has 10 nitrogen and oxygen atoms in total. The molecule has 38 heavy (non-hydrogen) atoms. The maximum Gasteiger partial charge on any atom is 0.238 e. The van der Waals surface area contributed by atoms with Crippen molar-refractivity contribution in [1.82, 2.24) is 40.0 Å². The summed E-state index contributed by atoms with van der Waals surface area (Å²) in [6, 6.07) is 13.8. The highest BCUT2D eigenvalue weighted by molar-refractivity contribution is 5.95. The van der Waals surface area contributed by atoms with Crippen LogP contribution < -0.4 is 5.32 Å². The number of anilines is 1. The van der Waals surface area contributed by atoms with Crippen molar-refractivity contribution < 1.29 is 9.18 Å². The molecule has 3 N–H and O–H groups in total. The molecular weight excluding hydrogens is 485 g/mol. The van der Waals surface area contributed by atoms with E-state index < -0.39 is 0 Å². The van der Waals surface area contributed by atoms with Crippen molar-refractivity contribution >= 4 is 33.7 Å². The summed E-state index contributed by atoms with van der Waals surface area (Å²) in [5, 5.41) is 10.3. The van der Waals surface area contributed by atoms with Gasteiger partial charge in [0.05, 0.1) is 35.2 Å². The highest BCUT2D eigenvalue weighted by atomic mass is 19.1. The van der Waals surface area contributed by atoms with Gasteiger partial charge in [-0.1, -0.05) is 12.1 Å². The number of nitrogens with zero attached hydrogens (tertiary/aromatic N) is 6. The lowest BCUT2D eigenvalue weighted by Gasteiger charge is -2.10. The van der Waals surface area contributed by atoms with Crippen LogP contribution >= 0.6 is 0 Å². The second-order valence-corrected chi connectivity index (χ2v) is 9.03. The molecule has 0 bridgehead atoms. The number of imidazole rings is 1. The number of amides is 1. The maximum atomic E-state index is 14.5. The van der Waals surface area contributed by atoms with Gasteiger partial charge in [-0.05, 0) is 50.5 Å². The lowest BCUT2D eigenvalue weighted by molar-refractivity contribution is -0.116. The Morgan fingerprint density at radius 2 is 1.84 bits per heavy atom. The molecule has 5 heterocycles. The molecular formula is C27H22FN9O. The smallest absolute Gasteiger partial charge is 0.238 e. The standard InChI is InChI=1S/C27H22FN9O/c1-37(2)14-22(38)31-16-11-15(12-29-13-16)19-7-8-21-25(32-19)26(36-35-21)27-33-20-9-10-30-23(24(20)34-27)17-5-3-4-6-18(17)28/h3-13H,14H2,1-2H3,(H,31,38)(H,33,34)(H,35,36). The summed E-state index contributed by atoms with van der Waals surface area (Å²) in [4.78, 5) is 35.4. The average Bonchev–Trinajstić information content (AvgIpc) is 3.52. The Hall–Kier alpha value is -5.03. The summed E-state index contributed by atoms with van der Waals surface area (Å²) in [6.45, 7) is 0.262. The van der Waals surface area contributed by atoms with Crippen molar-refractivity contribution in [2.45, 2.75) is 0 Å². The molecule has 188 valence electrons. The third kappa shape index (κ3) is 4.35. The zero-order valence-electron chi connectivity index (χ0n) is 20.5. The van der Waals surface area contributed by atoms with E-state index in [0.29, 0.717) is 50.7 Å². The molecule has 1 aromatic carbocycles. The van der Waals surface area contributed by atoms with Crippen LogP contribution in [0.2, 0.25) is 0 Å². The fourth-order valence-corrected chi connectivity index (χ4v) is 4.26. The molecule has 1 amide bonds. The highest BCUT2D eigenvalue weighted by Gasteiger charge is 2.18. The Labute approximate surface area is 216 Å². The monoisotopic (exact) mass is 507 g/mol. The first-order chi connectivity index (χ1) is 18.5. The van der Waals surface area contributed by atoms with Crippen molar-refractivity contribution in [3.8, 4) is 34.0 Å². The zero-order chi connectivity index (χ0) is 26.2. The van der Waals surface area contributed by atoms with Crippen molar-refractivity contribution in [2.24, 2.45) is 0 Å². The molecule has 0 aliphatic carbocycles. The van der Waals surface area contributed by atoms with E-state index in [1.54, 1.807) is 47.8 Å². The van der Waals surface area contributed by atoms with E-state index in [2.05, 4.69) is 30.5 Å². The van der Waals surface area contributed by atoms with Gasteiger partial charge in [0.25, 0.3) is 0 Å². The summed E-state index contributed by atoms with van der Waals surface area (Å²) in [7, 11) is 3.66. The van der Waals surface area contributed by atoms with E-state index in [1.165, 1.54) is 6.07 Å². The Morgan fingerprint density at radius 1 is 1.00 bits per heavy atom. The molecule has 0 saturated carbocycles. The van der Waals surface area contributed by atoms with E-state index in [9.17, 15) is 9.18 Å². The van der Waals surface area contributed by atoms with Crippen LogP contribution in [0.5, 0.6) is 0 Å². The minimum Gasteiger partial charge on any atom is -0.336 e. The number of pyridine rings is 3. The van der Waals surface area contributed by atoms with Gasteiger partial charge in [0.1, 0.15) is 22.5 Å². The topological polar surface area (TPSA) is 128 Å². The van der Waals surface area contributed by atoms with E-state index in [4.69, 9.17) is 9.97 Å². The van der Waals surface area contributed by atoms with Crippen molar-refractivity contribution in [3.05, 3.63) is 72.9 Å². The normalized spacial score (nSPS) is 11.5. The predicted octanol–water partition coefficient (Wildman–Crippen LogP) is 4.26. The number of aromatic nitrogens is 7. The van der Waals surface area contributed by atoms with Crippen LogP contribution in [0.15, 0.2) is 67.1 Å². The van der Waals surface area contributed by atoms with Gasteiger partial charge in [0.2, 0.25) is 5.91 Å². The summed E-state index contributed by atoms with van der Waals surface area (Å²) >= 11 is 0. The van der Waals surface area contributed by atoms with Crippen LogP contribution in [0, 0.1) is 5.82 Å². The summed E-state index contributed by atoms with van der Waals surface area (Å²) in [5.74, 6) is -0.0322. The van der Waals surface area contributed by atoms with Crippen molar-refractivity contribution in [1.29, 1.82) is 0 Å². The highest BCUT2D eigenvalue weighted by Crippen LogP contribution is 2.31. The Kier molecular flexibility index (Phi) is 5.81. The second-order valence-electron chi connectivity index (χ2n) is 9.03. The van der Waals surface area contributed by atoms with Crippen LogP contribution in [0.1, 0.15) is 0 Å². The summed E-state index contributed by atoms with van der Waals surface area (Å²) < 4.78 is 14.5. The number of benzene rings is 1. The first-order valence-corrected chi connectivity index (χ1v) is 11.8. The predicted molar refractivity (Wildman–Crippen MR) is 143 cm³/mol. The molecule has 0 atom stereocenters. The average molecular weight is 508 g/mol. The van der Waals surface area contributed by atoms with Crippen LogP contribution in [-0.4, -0.2) is 66.6 Å². The largest absolute Gasteiger partial charge is 0.336 e. The first-order valence-electron chi connectivity index (χ1n) is 11.8. The van der Waals surface area contributed by atoms with Gasteiger partial charge < -0.3 is 15.2 Å². The Morgan fingerprint density at radius 3 is 2.68 bits per heavy atom. The molecule has 0 aliphatic rings. The lowest BCUT2D eigenvalue weighted by Crippen LogP contribution is -2.27. The van der Waals surface area contributed by atoms with Crippen molar-refractivity contribution in [3.63, 3.8) is 0 Å². The van der Waals surface area contributed by atoms with Crippen LogP contribution in [0.25, 0.3) is 56.1 Å². The van der Waals surface area contributed by atoms with Crippen molar-refractivity contribution in [2.75, 3.05) is 26.0 Å². The Bertz CT molecular complexity index is 1810. The van der Waals surface area contributed by atoms with E-state index >= 15 is 0 Å². The van der Waals surface area contributed by atoms with Crippen LogP contribution in [0.3, 0.4) is 0 Å². The maximum absolute atomic E-state index is 14.5. The number of aromatic amines is 2. The number of likely N-dealkylation sites (N-methyl/N-ethyl adjacent to an activating group) is 1. The van der Waals surface area contributed by atoms with E-state index in [-0.39, 0.29) is 18.3 Å². The number of fused-ring (bicyclic) bond motifs is 2. The van der Waals surface area contributed by atoms with Gasteiger partial charge in [-0.15, -0.1) is 0 Å². The number of hydrogen-bond acceptors (Lipinski definition) is 7. The molecule has 0 spiro atoms. The molecule has 6 aromatic rings. The third-order valence-electron chi connectivity index (χ3n) is 5.94. The van der Waals surface area contributed by atoms with Gasteiger partial charge in [-0.2, -0.15) is 5.10 Å². The van der Waals surface area contributed by atoms with Crippen LogP contribution in [-0.2, 0) is 4.79 Å². The first kappa shape index (κ1) is 23.4. The van der Waals surface area contributed by atoms with Gasteiger partial charge in [0.15, 0.2) is 11.5 Å². The molecule has 0 unspecified atom stereocenters. The molecule has 0 radical (unpaired) electrons. The second kappa shape index (κ2) is 9.45. The SMILES string of the molecule is CN(C)CC(=O)Nc1cncc(-c2ccc3[nH]nc(-c4nc5c(-c6ccccc6F)nccc5[nH]4)c3n2)c1. The fourth-order valence-electron chi connectivity index (χ4n) is 4.26. The van der Waals surface area contributed by atoms with Gasteiger partial charge >= 0.3 is 0 Å². The van der Waals surface area contributed by atoms with E-state index in [1.807, 2.05) is 32.3 Å². The van der Waals surface area contributed by atoms with Gasteiger partial charge in [-0.25, -0.2) is 14.4 Å². The quantitative estimate of drug-likeness (QED) is 0.307. The van der Waals surface area contributed by atoms with E-state index in [0.717, 1.165) is 11.1 Å². The number of H-pyrrole nitrogens is 2. The molecule has 0 aliphatic heterocycles. The number of hydrogen-bond donors (Lipinski definition) is 3. The third-order valence-corrected chi connectivity index (χ3v) is 5.94. The fraction of sp³-hybridized carbons (Fsp3) is 0.111. The number of halogens is 1. The number of carbonyl (C=O) groups is 1. The number of carbonyl (C=O) groups excluding carboxylic acids is 1. The van der Waals surface area contributed by atoms with Crippen LogP contribution in [0.4, 0.5) is 10.1 Å². The molecule has 6 rings (SSSR count). The molecule has 0 saturated heterocycles. The summed E-state index contributed by atoms with van der Waals surface area (Å²) in [5.41, 5.74) is 5.85. The molecule has 5 aromatic heterocycles. The van der Waals surface area contributed by atoms with Gasteiger partial charge in [-0.3, -0.25) is 19.9 Å². The zero-order valence-corrected chi connectivity index (χ0v) is 20.5.